The van der Waals surface area contributed by atoms with Gasteiger partial charge in [0.2, 0.25) is 5.91 Å². The highest BCUT2D eigenvalue weighted by atomic mass is 16.6. The summed E-state index contributed by atoms with van der Waals surface area (Å²) in [5, 5.41) is 34.5. The number of hydrogen-bond donors (Lipinski definition) is 6. The summed E-state index contributed by atoms with van der Waals surface area (Å²) in [6.45, 7) is 2.63. The molecule has 2 atom stereocenters. The second-order valence-corrected chi connectivity index (χ2v) is 12.9. The van der Waals surface area contributed by atoms with Crippen LogP contribution in [-0.2, 0) is 45.5 Å². The van der Waals surface area contributed by atoms with Crippen LogP contribution in [0.2, 0.25) is 0 Å². The number of carboxylic acids is 3. The Hall–Kier alpha value is -6.98. The van der Waals surface area contributed by atoms with Crippen molar-refractivity contribution in [2.75, 3.05) is 6.54 Å². The molecule has 2 heterocycles. The Bertz CT molecular complexity index is 2050. The Morgan fingerprint density at radius 2 is 1.30 bits per heavy atom. The molecular formula is C38H37N3O15. The van der Waals surface area contributed by atoms with Crippen molar-refractivity contribution in [2.45, 2.75) is 70.1 Å². The number of unbranched alkanes of at least 4 members (excludes halogenated alkanes) is 1. The smallest absolute Gasteiger partial charge is 0.340 e. The van der Waals surface area contributed by atoms with Crippen molar-refractivity contribution in [2.24, 2.45) is 0 Å². The lowest BCUT2D eigenvalue weighted by Crippen LogP contribution is -2.51. The van der Waals surface area contributed by atoms with Crippen molar-refractivity contribution in [3.63, 3.8) is 0 Å². The molecule has 0 saturated carbocycles. The number of carbonyl (C=O) groups excluding carboxylic acids is 5. The van der Waals surface area contributed by atoms with Crippen LogP contribution < -0.4 is 30.2 Å². The number of aliphatic carboxylic acids is 3. The van der Waals surface area contributed by atoms with Crippen molar-refractivity contribution in [1.82, 2.24) is 16.0 Å². The number of benzene rings is 3. The predicted octanol–water partition coefficient (Wildman–Crippen LogP) is 3.00. The number of ether oxygens (including phenoxy) is 4. The number of rotatable bonds is 16. The average molecular weight is 776 g/mol. The first kappa shape index (κ1) is 40.2. The Morgan fingerprint density at radius 1 is 0.732 bits per heavy atom. The van der Waals surface area contributed by atoms with E-state index in [9.17, 15) is 48.6 Å². The summed E-state index contributed by atoms with van der Waals surface area (Å²) in [6, 6.07) is 10.0. The van der Waals surface area contributed by atoms with Crippen LogP contribution in [0.1, 0.15) is 78.6 Å². The second kappa shape index (κ2) is 17.0. The van der Waals surface area contributed by atoms with Gasteiger partial charge in [0.15, 0.2) is 5.60 Å². The number of urea groups is 1. The summed E-state index contributed by atoms with van der Waals surface area (Å²) >= 11 is 0. The van der Waals surface area contributed by atoms with E-state index in [-0.39, 0.29) is 60.3 Å². The fourth-order valence-electron chi connectivity index (χ4n) is 6.39. The van der Waals surface area contributed by atoms with E-state index in [0.29, 0.717) is 28.7 Å². The topological polar surface area (TPSA) is 270 Å². The lowest BCUT2D eigenvalue weighted by Gasteiger charge is -2.36. The third-order valence-electron chi connectivity index (χ3n) is 8.80. The fourth-order valence-corrected chi connectivity index (χ4v) is 6.39. The highest BCUT2D eigenvalue weighted by Gasteiger charge is 2.54. The van der Waals surface area contributed by atoms with Gasteiger partial charge in [-0.1, -0.05) is 6.07 Å². The monoisotopic (exact) mass is 775 g/mol. The molecule has 3 aromatic rings. The van der Waals surface area contributed by atoms with E-state index >= 15 is 0 Å². The summed E-state index contributed by atoms with van der Waals surface area (Å²) in [5.41, 5.74) is 0.403. The molecule has 294 valence electrons. The summed E-state index contributed by atoms with van der Waals surface area (Å²) in [4.78, 5) is 95.9. The molecule has 6 N–H and O–H groups in total. The zero-order chi connectivity index (χ0) is 40.7. The molecule has 0 radical (unpaired) electrons. The van der Waals surface area contributed by atoms with Gasteiger partial charge in [0.05, 0.1) is 12.0 Å². The number of carboxylic acid groups (broad SMARTS) is 3. The zero-order valence-corrected chi connectivity index (χ0v) is 30.0. The molecule has 18 heteroatoms. The van der Waals surface area contributed by atoms with Crippen molar-refractivity contribution in [1.29, 1.82) is 0 Å². The largest absolute Gasteiger partial charge is 0.481 e. The Labute approximate surface area is 318 Å². The van der Waals surface area contributed by atoms with Crippen LogP contribution in [0.5, 0.6) is 23.0 Å². The lowest BCUT2D eigenvalue weighted by molar-refractivity contribution is -0.141. The van der Waals surface area contributed by atoms with Crippen LogP contribution >= 0.6 is 0 Å². The number of esters is 3. The van der Waals surface area contributed by atoms with Crippen molar-refractivity contribution in [3.05, 3.63) is 82.4 Å². The summed E-state index contributed by atoms with van der Waals surface area (Å²) in [6.07, 6.45) is -0.514. The van der Waals surface area contributed by atoms with Gasteiger partial charge in [0.1, 0.15) is 35.1 Å². The first-order valence-corrected chi connectivity index (χ1v) is 17.3. The minimum atomic E-state index is -1.57. The first-order chi connectivity index (χ1) is 26.6. The maximum atomic E-state index is 13.4. The average Bonchev–Trinajstić information content (AvgIpc) is 3.39. The normalized spacial score (nSPS) is 14.0. The maximum Gasteiger partial charge on any atom is 0.340 e. The number of carbonyl (C=O) groups is 8. The van der Waals surface area contributed by atoms with Gasteiger partial charge in [-0.25, -0.2) is 19.2 Å². The molecule has 0 aliphatic carbocycles. The van der Waals surface area contributed by atoms with Crippen LogP contribution in [0, 0.1) is 0 Å². The zero-order valence-electron chi connectivity index (χ0n) is 30.0. The number of nitrogens with one attached hydrogen (secondary N) is 3. The van der Waals surface area contributed by atoms with E-state index in [2.05, 4.69) is 16.0 Å². The van der Waals surface area contributed by atoms with Gasteiger partial charge in [0.25, 0.3) is 0 Å². The first-order valence-electron chi connectivity index (χ1n) is 17.3. The molecule has 1 spiro atoms. The van der Waals surface area contributed by atoms with Crippen molar-refractivity contribution >= 4 is 47.8 Å². The van der Waals surface area contributed by atoms with Gasteiger partial charge in [0, 0.05) is 55.6 Å². The van der Waals surface area contributed by atoms with Crippen LogP contribution in [0.15, 0.2) is 54.6 Å². The van der Waals surface area contributed by atoms with Crippen molar-refractivity contribution in [3.8, 4) is 23.0 Å². The van der Waals surface area contributed by atoms with Crippen LogP contribution in [0.3, 0.4) is 0 Å². The molecule has 2 aliphatic heterocycles. The van der Waals surface area contributed by atoms with E-state index in [4.69, 9.17) is 24.1 Å². The minimum Gasteiger partial charge on any atom is -0.481 e. The van der Waals surface area contributed by atoms with Crippen LogP contribution in [0.4, 0.5) is 4.79 Å². The van der Waals surface area contributed by atoms with E-state index in [1.807, 2.05) is 0 Å². The summed E-state index contributed by atoms with van der Waals surface area (Å²) < 4.78 is 22.8. The van der Waals surface area contributed by atoms with E-state index in [1.54, 1.807) is 30.3 Å². The van der Waals surface area contributed by atoms with E-state index in [1.165, 1.54) is 38.1 Å². The Kier molecular flexibility index (Phi) is 12.2. The van der Waals surface area contributed by atoms with E-state index in [0.717, 1.165) is 0 Å². The van der Waals surface area contributed by atoms with Crippen LogP contribution in [0.25, 0.3) is 0 Å². The number of amides is 3. The fraction of sp³-hybridized carbons (Fsp3) is 0.316. The minimum absolute atomic E-state index is 0.0518. The quantitative estimate of drug-likeness (QED) is 0.0694. The van der Waals surface area contributed by atoms with E-state index < -0.39 is 72.4 Å². The third-order valence-corrected chi connectivity index (χ3v) is 8.80. The molecular weight excluding hydrogens is 738 g/mol. The molecule has 0 aromatic heterocycles. The molecule has 2 aliphatic rings. The molecule has 0 fully saturated rings. The molecule has 56 heavy (non-hydrogen) atoms. The summed E-state index contributed by atoms with van der Waals surface area (Å²) in [7, 11) is 0. The number of hydrogen-bond acceptors (Lipinski definition) is 12. The lowest BCUT2D eigenvalue weighted by atomic mass is 9.77. The molecule has 0 unspecified atom stereocenters. The number of fused-ring (bicyclic) bond motifs is 6. The highest BCUT2D eigenvalue weighted by molar-refractivity contribution is 5.97. The van der Waals surface area contributed by atoms with Crippen molar-refractivity contribution < 1.29 is 72.6 Å². The summed E-state index contributed by atoms with van der Waals surface area (Å²) in [5.74, 6) is -5.55. The molecule has 3 aromatic carbocycles. The Morgan fingerprint density at radius 3 is 1.84 bits per heavy atom. The van der Waals surface area contributed by atoms with Gasteiger partial charge in [-0.2, -0.15) is 0 Å². The van der Waals surface area contributed by atoms with Gasteiger partial charge < -0.3 is 50.2 Å². The SMILES string of the molecule is CC(=O)Oc1ccc2c(c1)Oc1cc(OC(C)=O)ccc1C21OC(=O)c2ccc(CC(=O)NCCCC[C@H](NC(=O)N[C@@H](CCC(=O)O)C(=O)O)C(=O)O)cc21. The molecule has 0 bridgehead atoms. The second-order valence-electron chi connectivity index (χ2n) is 12.9. The molecule has 3 amide bonds. The highest BCUT2D eigenvalue weighted by Crippen LogP contribution is 2.57. The van der Waals surface area contributed by atoms with Gasteiger partial charge >= 0.3 is 41.8 Å². The predicted molar refractivity (Wildman–Crippen MR) is 189 cm³/mol. The van der Waals surface area contributed by atoms with Gasteiger partial charge in [-0.15, -0.1) is 0 Å². The standard InChI is InChI=1S/C38H37N3O15/c1-19(42)53-22-7-10-25-30(17-22)55-31-18-23(54-20(2)43)8-11-26(31)38(25)27-15-21(6-9-24(27)36(51)56-38)16-32(44)39-14-4-3-5-28(34(47)48)40-37(52)41-29(35(49)50)12-13-33(45)46/h6-11,15,17-18,28-29H,3-5,12-14,16H2,1-2H3,(H,39,44)(H,45,46)(H,47,48)(H,49,50)(H2,40,41,52)/t28-,29-/m0/s1. The van der Waals surface area contributed by atoms with Gasteiger partial charge in [-0.3, -0.25) is 19.2 Å². The Balaban J connectivity index is 1.26. The molecule has 0 saturated heterocycles. The third kappa shape index (κ3) is 9.20. The van der Waals surface area contributed by atoms with Crippen LogP contribution in [-0.4, -0.2) is 81.7 Å². The molecule has 18 nitrogen and oxygen atoms in total. The van der Waals surface area contributed by atoms with Gasteiger partial charge in [-0.05, 0) is 67.6 Å². The maximum absolute atomic E-state index is 13.4. The molecule has 5 rings (SSSR count).